The van der Waals surface area contributed by atoms with Crippen molar-refractivity contribution in [1.29, 1.82) is 0 Å². The molecule has 0 aliphatic carbocycles. The molecule has 5 heteroatoms. The van der Waals surface area contributed by atoms with Crippen molar-refractivity contribution in [2.24, 2.45) is 0 Å². The Kier molecular flexibility index (Phi) is 3.95. The van der Waals surface area contributed by atoms with Crippen molar-refractivity contribution < 1.29 is 8.60 Å². The maximum atomic E-state index is 12.8. The Morgan fingerprint density at radius 1 is 1.26 bits per heavy atom. The lowest BCUT2D eigenvalue weighted by molar-refractivity contribution is 0.626. The van der Waals surface area contributed by atoms with E-state index < -0.39 is 10.8 Å². The van der Waals surface area contributed by atoms with E-state index in [-0.39, 0.29) is 11.6 Å². The highest BCUT2D eigenvalue weighted by Gasteiger charge is 2.11. The third kappa shape index (κ3) is 2.98. The molecule has 1 atom stereocenters. The number of pyridine rings is 1. The van der Waals surface area contributed by atoms with Gasteiger partial charge in [-0.15, -0.1) is 0 Å². The van der Waals surface area contributed by atoms with Crippen molar-refractivity contribution in [2.75, 3.05) is 5.73 Å². The number of anilines is 1. The minimum atomic E-state index is -1.25. The molecule has 0 spiro atoms. The van der Waals surface area contributed by atoms with Gasteiger partial charge in [-0.25, -0.2) is 4.39 Å². The van der Waals surface area contributed by atoms with Crippen LogP contribution in [0.2, 0.25) is 0 Å². The summed E-state index contributed by atoms with van der Waals surface area (Å²) in [6.07, 6.45) is 1.68. The monoisotopic (exact) mass is 278 g/mol. The number of benzene rings is 1. The first-order chi connectivity index (χ1) is 8.99. The maximum absolute atomic E-state index is 12.8. The average molecular weight is 278 g/mol. The standard InChI is InChI=1S/C14H15FN2OS/c1-9-7-17-13(10(2)14(9)16)8-19(18)12-5-3-11(15)4-6-12/h3-7H,8H2,1-2H3,(H2,16,17). The van der Waals surface area contributed by atoms with Gasteiger partial charge in [-0.05, 0) is 49.2 Å². The van der Waals surface area contributed by atoms with Crippen molar-refractivity contribution in [2.45, 2.75) is 24.5 Å². The lowest BCUT2D eigenvalue weighted by atomic mass is 10.1. The molecule has 1 aromatic carbocycles. The van der Waals surface area contributed by atoms with Gasteiger partial charge in [0.2, 0.25) is 0 Å². The van der Waals surface area contributed by atoms with Crippen molar-refractivity contribution in [1.82, 2.24) is 4.98 Å². The van der Waals surface area contributed by atoms with Gasteiger partial charge in [-0.2, -0.15) is 0 Å². The second kappa shape index (κ2) is 5.48. The molecule has 0 radical (unpaired) electrons. The molecule has 0 bridgehead atoms. The quantitative estimate of drug-likeness (QED) is 0.939. The fraction of sp³-hybridized carbons (Fsp3) is 0.214. The topological polar surface area (TPSA) is 56.0 Å². The van der Waals surface area contributed by atoms with Crippen molar-refractivity contribution in [3.63, 3.8) is 0 Å². The molecular formula is C14H15FN2OS. The van der Waals surface area contributed by atoms with Crippen LogP contribution in [0.1, 0.15) is 16.8 Å². The van der Waals surface area contributed by atoms with E-state index in [0.717, 1.165) is 11.1 Å². The molecule has 1 heterocycles. The number of hydrogen-bond donors (Lipinski definition) is 1. The van der Waals surface area contributed by atoms with Crippen molar-refractivity contribution in [3.05, 3.63) is 53.1 Å². The van der Waals surface area contributed by atoms with Gasteiger partial charge in [0, 0.05) is 16.8 Å². The molecule has 0 fully saturated rings. The Morgan fingerprint density at radius 3 is 2.53 bits per heavy atom. The van der Waals surface area contributed by atoms with Crippen LogP contribution in [-0.2, 0) is 16.6 Å². The smallest absolute Gasteiger partial charge is 0.123 e. The van der Waals surface area contributed by atoms with Gasteiger partial charge in [0.1, 0.15) is 5.82 Å². The third-order valence-corrected chi connectivity index (χ3v) is 4.35. The highest BCUT2D eigenvalue weighted by Crippen LogP contribution is 2.20. The first-order valence-corrected chi connectivity index (χ1v) is 7.15. The van der Waals surface area contributed by atoms with Crippen LogP contribution < -0.4 is 5.73 Å². The van der Waals surface area contributed by atoms with E-state index in [0.29, 0.717) is 16.3 Å². The minimum Gasteiger partial charge on any atom is -0.398 e. The third-order valence-electron chi connectivity index (χ3n) is 3.02. The number of nitrogens with two attached hydrogens (primary N) is 1. The Balaban J connectivity index is 2.24. The van der Waals surface area contributed by atoms with Gasteiger partial charge in [0.15, 0.2) is 0 Å². The number of halogens is 1. The number of nitrogen functional groups attached to an aromatic ring is 1. The molecule has 2 N–H and O–H groups in total. The molecule has 3 nitrogen and oxygen atoms in total. The Hall–Kier alpha value is -1.75. The lowest BCUT2D eigenvalue weighted by Gasteiger charge is -2.09. The predicted molar refractivity (Wildman–Crippen MR) is 74.6 cm³/mol. The zero-order valence-corrected chi connectivity index (χ0v) is 11.6. The minimum absolute atomic E-state index is 0.280. The predicted octanol–water partition coefficient (Wildman–Crippen LogP) is 2.73. The molecule has 2 rings (SSSR count). The average Bonchev–Trinajstić information content (AvgIpc) is 2.40. The maximum Gasteiger partial charge on any atom is 0.123 e. The lowest BCUT2D eigenvalue weighted by Crippen LogP contribution is -2.05. The van der Waals surface area contributed by atoms with Crippen LogP contribution in [0.4, 0.5) is 10.1 Å². The Bertz CT molecular complexity index is 626. The van der Waals surface area contributed by atoms with Crippen LogP contribution in [0.25, 0.3) is 0 Å². The summed E-state index contributed by atoms with van der Waals surface area (Å²) >= 11 is 0. The molecule has 0 saturated carbocycles. The van der Waals surface area contributed by atoms with E-state index in [4.69, 9.17) is 5.73 Å². The zero-order chi connectivity index (χ0) is 14.0. The van der Waals surface area contributed by atoms with Crippen molar-refractivity contribution >= 4 is 16.5 Å². The van der Waals surface area contributed by atoms with Crippen LogP contribution >= 0.6 is 0 Å². The summed E-state index contributed by atoms with van der Waals surface area (Å²) in [5, 5.41) is 0. The summed E-state index contributed by atoms with van der Waals surface area (Å²) in [4.78, 5) is 4.86. The molecule has 0 saturated heterocycles. The van der Waals surface area contributed by atoms with E-state index in [1.54, 1.807) is 6.20 Å². The summed E-state index contributed by atoms with van der Waals surface area (Å²) in [6.45, 7) is 3.75. The first-order valence-electron chi connectivity index (χ1n) is 5.83. The SMILES string of the molecule is Cc1cnc(CS(=O)c2ccc(F)cc2)c(C)c1N. The molecule has 2 aromatic rings. The van der Waals surface area contributed by atoms with Gasteiger partial charge < -0.3 is 5.73 Å². The van der Waals surface area contributed by atoms with Crippen LogP contribution in [0, 0.1) is 19.7 Å². The second-order valence-corrected chi connectivity index (χ2v) is 5.82. The number of hydrogen-bond acceptors (Lipinski definition) is 3. The van der Waals surface area contributed by atoms with E-state index >= 15 is 0 Å². The Morgan fingerprint density at radius 2 is 1.89 bits per heavy atom. The highest BCUT2D eigenvalue weighted by atomic mass is 32.2. The van der Waals surface area contributed by atoms with Gasteiger partial charge in [-0.1, -0.05) is 0 Å². The van der Waals surface area contributed by atoms with Crippen molar-refractivity contribution in [3.8, 4) is 0 Å². The van der Waals surface area contributed by atoms with E-state index in [1.165, 1.54) is 24.3 Å². The normalized spacial score (nSPS) is 12.4. The zero-order valence-electron chi connectivity index (χ0n) is 10.8. The number of aryl methyl sites for hydroxylation is 1. The van der Waals surface area contributed by atoms with Gasteiger partial charge in [-0.3, -0.25) is 9.19 Å². The Labute approximate surface area is 114 Å². The summed E-state index contributed by atoms with van der Waals surface area (Å²) in [5.74, 6) is -0.0586. The summed E-state index contributed by atoms with van der Waals surface area (Å²) in [7, 11) is -1.25. The van der Waals surface area contributed by atoms with Gasteiger partial charge in [0.25, 0.3) is 0 Å². The number of aromatic nitrogens is 1. The number of rotatable bonds is 3. The van der Waals surface area contributed by atoms with E-state index in [2.05, 4.69) is 4.98 Å². The molecule has 0 aliphatic heterocycles. The van der Waals surface area contributed by atoms with E-state index in [9.17, 15) is 8.60 Å². The summed E-state index contributed by atoms with van der Waals surface area (Å²) in [5.41, 5.74) is 9.09. The molecule has 100 valence electrons. The largest absolute Gasteiger partial charge is 0.398 e. The fourth-order valence-corrected chi connectivity index (χ4v) is 2.88. The highest BCUT2D eigenvalue weighted by molar-refractivity contribution is 7.84. The molecule has 0 aliphatic rings. The van der Waals surface area contributed by atoms with E-state index in [1.807, 2.05) is 13.8 Å². The molecule has 0 amide bonds. The summed E-state index contributed by atoms with van der Waals surface area (Å²) < 4.78 is 25.0. The van der Waals surface area contributed by atoms with Crippen LogP contribution in [0.5, 0.6) is 0 Å². The first kappa shape index (κ1) is 13.7. The second-order valence-electron chi connectivity index (χ2n) is 4.37. The molecular weight excluding hydrogens is 263 g/mol. The fourth-order valence-electron chi connectivity index (χ4n) is 1.73. The molecule has 1 unspecified atom stereocenters. The summed E-state index contributed by atoms with van der Waals surface area (Å²) in [6, 6.07) is 5.66. The van der Waals surface area contributed by atoms with Crippen LogP contribution in [-0.4, -0.2) is 9.19 Å². The van der Waals surface area contributed by atoms with Gasteiger partial charge in [0.05, 0.1) is 22.2 Å². The van der Waals surface area contributed by atoms with Crippen LogP contribution in [0.3, 0.4) is 0 Å². The number of nitrogens with zero attached hydrogens (tertiary/aromatic N) is 1. The molecule has 1 aromatic heterocycles. The van der Waals surface area contributed by atoms with Crippen LogP contribution in [0.15, 0.2) is 35.4 Å². The molecule has 19 heavy (non-hydrogen) atoms. The van der Waals surface area contributed by atoms with Gasteiger partial charge >= 0.3 is 0 Å².